The van der Waals surface area contributed by atoms with Crippen molar-refractivity contribution in [3.05, 3.63) is 59.7 Å². The molecule has 2 aromatic carbocycles. The van der Waals surface area contributed by atoms with Crippen molar-refractivity contribution >= 4 is 17.7 Å². The summed E-state index contributed by atoms with van der Waals surface area (Å²) >= 11 is 0. The monoisotopic (exact) mass is 481 g/mol. The summed E-state index contributed by atoms with van der Waals surface area (Å²) in [7, 11) is 3.13. The van der Waals surface area contributed by atoms with Gasteiger partial charge in [-0.05, 0) is 74.6 Å². The topological polar surface area (TPSA) is 97.0 Å². The molecular weight excluding hydrogens is 446 g/mol. The van der Waals surface area contributed by atoms with Gasteiger partial charge in [-0.15, -0.1) is 0 Å². The second-order valence-electron chi connectivity index (χ2n) is 8.86. The zero-order chi connectivity index (χ0) is 25.4. The van der Waals surface area contributed by atoms with Crippen LogP contribution in [0.1, 0.15) is 53.8 Å². The maximum Gasteiger partial charge on any atom is 0.253 e. The van der Waals surface area contributed by atoms with Crippen LogP contribution >= 0.6 is 0 Å². The Labute approximate surface area is 207 Å². The number of hydrogen-bond acceptors (Lipinski definition) is 5. The smallest absolute Gasteiger partial charge is 0.253 e. The quantitative estimate of drug-likeness (QED) is 0.573. The lowest BCUT2D eigenvalue weighted by Gasteiger charge is -2.36. The van der Waals surface area contributed by atoms with E-state index in [1.807, 2.05) is 13.8 Å². The van der Waals surface area contributed by atoms with Gasteiger partial charge in [-0.1, -0.05) is 13.0 Å². The van der Waals surface area contributed by atoms with E-state index >= 15 is 0 Å². The number of amides is 3. The lowest BCUT2D eigenvalue weighted by molar-refractivity contribution is -0.125. The fourth-order valence-electron chi connectivity index (χ4n) is 4.17. The number of carbonyl (C=O) groups is 3. The Kier molecular flexibility index (Phi) is 9.11. The lowest BCUT2D eigenvalue weighted by atomic mass is 9.88. The van der Waals surface area contributed by atoms with Crippen molar-refractivity contribution in [3.63, 3.8) is 0 Å². The van der Waals surface area contributed by atoms with Crippen LogP contribution in [0.2, 0.25) is 0 Å². The normalized spacial score (nSPS) is 15.6. The van der Waals surface area contributed by atoms with Crippen LogP contribution in [-0.2, 0) is 4.79 Å². The number of nitrogens with zero attached hydrogens (tertiary/aromatic N) is 1. The SMILES string of the molecule is CC[C@H](C)NC(=O)[C@H](NC(=O)c1ccc(OC)cc1)C1CCN(C(=O)c2cccc(OC)c2)CC1. The first-order chi connectivity index (χ1) is 16.9. The Morgan fingerprint density at radius 3 is 2.20 bits per heavy atom. The van der Waals surface area contributed by atoms with Gasteiger partial charge in [0.1, 0.15) is 17.5 Å². The molecule has 2 atom stereocenters. The molecule has 1 aliphatic rings. The molecule has 0 bridgehead atoms. The van der Waals surface area contributed by atoms with E-state index in [4.69, 9.17) is 9.47 Å². The Morgan fingerprint density at radius 1 is 0.943 bits per heavy atom. The summed E-state index contributed by atoms with van der Waals surface area (Å²) in [4.78, 5) is 40.9. The fraction of sp³-hybridized carbons (Fsp3) is 0.444. The number of benzene rings is 2. The van der Waals surface area contributed by atoms with Crippen LogP contribution in [0.25, 0.3) is 0 Å². The van der Waals surface area contributed by atoms with Gasteiger partial charge in [0.05, 0.1) is 14.2 Å². The number of carbonyl (C=O) groups excluding carboxylic acids is 3. The van der Waals surface area contributed by atoms with E-state index in [0.29, 0.717) is 48.6 Å². The summed E-state index contributed by atoms with van der Waals surface area (Å²) in [5, 5.41) is 5.96. The van der Waals surface area contributed by atoms with Crippen molar-refractivity contribution in [3.8, 4) is 11.5 Å². The van der Waals surface area contributed by atoms with Crippen LogP contribution in [0.4, 0.5) is 0 Å². The van der Waals surface area contributed by atoms with E-state index in [-0.39, 0.29) is 29.7 Å². The van der Waals surface area contributed by atoms with E-state index in [1.165, 1.54) is 0 Å². The van der Waals surface area contributed by atoms with E-state index < -0.39 is 6.04 Å². The summed E-state index contributed by atoms with van der Waals surface area (Å²) in [5.41, 5.74) is 1.03. The van der Waals surface area contributed by atoms with E-state index in [2.05, 4.69) is 10.6 Å². The van der Waals surface area contributed by atoms with Crippen LogP contribution in [0, 0.1) is 5.92 Å². The standard InChI is InChI=1S/C27H35N3O5/c1-5-18(2)28-26(32)24(29-25(31)20-9-11-22(34-3)12-10-20)19-13-15-30(16-14-19)27(33)21-7-6-8-23(17-21)35-4/h6-12,17-19,24H,5,13-16H2,1-4H3,(H,28,32)(H,29,31)/t18-,24+/m0/s1. The van der Waals surface area contributed by atoms with Crippen LogP contribution < -0.4 is 20.1 Å². The van der Waals surface area contributed by atoms with Crippen LogP contribution in [-0.4, -0.2) is 62.0 Å². The fourth-order valence-corrected chi connectivity index (χ4v) is 4.17. The van der Waals surface area contributed by atoms with Crippen molar-refractivity contribution in [2.45, 2.75) is 45.2 Å². The summed E-state index contributed by atoms with van der Waals surface area (Å²) in [6.45, 7) is 4.95. The highest BCUT2D eigenvalue weighted by Gasteiger charge is 2.34. The third-order valence-corrected chi connectivity index (χ3v) is 6.54. The highest BCUT2D eigenvalue weighted by Crippen LogP contribution is 2.24. The largest absolute Gasteiger partial charge is 0.497 e. The summed E-state index contributed by atoms with van der Waals surface area (Å²) < 4.78 is 10.4. The van der Waals surface area contributed by atoms with Crippen molar-refractivity contribution in [1.82, 2.24) is 15.5 Å². The second kappa shape index (κ2) is 12.2. The van der Waals surface area contributed by atoms with Crippen molar-refractivity contribution in [2.75, 3.05) is 27.3 Å². The molecule has 8 nitrogen and oxygen atoms in total. The molecule has 2 aromatic rings. The summed E-state index contributed by atoms with van der Waals surface area (Å²) in [6.07, 6.45) is 2.01. The number of nitrogens with one attached hydrogen (secondary N) is 2. The molecule has 1 saturated heterocycles. The zero-order valence-electron chi connectivity index (χ0n) is 20.9. The van der Waals surface area contributed by atoms with Gasteiger partial charge >= 0.3 is 0 Å². The Hall–Kier alpha value is -3.55. The molecule has 2 N–H and O–H groups in total. The molecule has 0 saturated carbocycles. The first-order valence-electron chi connectivity index (χ1n) is 12.0. The van der Waals surface area contributed by atoms with Gasteiger partial charge in [-0.2, -0.15) is 0 Å². The van der Waals surface area contributed by atoms with Gasteiger partial charge in [0, 0.05) is 30.3 Å². The van der Waals surface area contributed by atoms with Crippen LogP contribution in [0.3, 0.4) is 0 Å². The van der Waals surface area contributed by atoms with E-state index in [9.17, 15) is 14.4 Å². The second-order valence-corrected chi connectivity index (χ2v) is 8.86. The Morgan fingerprint density at radius 2 is 1.60 bits per heavy atom. The van der Waals surface area contributed by atoms with Crippen molar-refractivity contribution in [1.29, 1.82) is 0 Å². The van der Waals surface area contributed by atoms with Crippen LogP contribution in [0.15, 0.2) is 48.5 Å². The number of hydrogen-bond donors (Lipinski definition) is 2. The third kappa shape index (κ3) is 6.74. The lowest BCUT2D eigenvalue weighted by Crippen LogP contribution is -2.55. The zero-order valence-corrected chi connectivity index (χ0v) is 20.9. The van der Waals surface area contributed by atoms with Gasteiger partial charge in [-0.3, -0.25) is 14.4 Å². The third-order valence-electron chi connectivity index (χ3n) is 6.54. The van der Waals surface area contributed by atoms with Gasteiger partial charge < -0.3 is 25.0 Å². The highest BCUT2D eigenvalue weighted by atomic mass is 16.5. The van der Waals surface area contributed by atoms with Crippen LogP contribution in [0.5, 0.6) is 11.5 Å². The molecule has 0 aromatic heterocycles. The Balaban J connectivity index is 1.70. The molecular formula is C27H35N3O5. The minimum atomic E-state index is -0.687. The number of ether oxygens (including phenoxy) is 2. The molecule has 3 rings (SSSR count). The van der Waals surface area contributed by atoms with E-state index in [0.717, 1.165) is 6.42 Å². The maximum absolute atomic E-state index is 13.1. The highest BCUT2D eigenvalue weighted by molar-refractivity contribution is 5.98. The van der Waals surface area contributed by atoms with E-state index in [1.54, 1.807) is 67.7 Å². The molecule has 0 spiro atoms. The molecule has 3 amide bonds. The maximum atomic E-state index is 13.1. The molecule has 1 heterocycles. The molecule has 0 radical (unpaired) electrons. The van der Waals surface area contributed by atoms with Crippen molar-refractivity contribution < 1.29 is 23.9 Å². The molecule has 0 aliphatic carbocycles. The minimum absolute atomic E-state index is 0.00221. The predicted octanol–water partition coefficient (Wildman–Crippen LogP) is 3.27. The number of rotatable bonds is 9. The summed E-state index contributed by atoms with van der Waals surface area (Å²) in [6, 6.07) is 13.2. The number of likely N-dealkylation sites (tertiary alicyclic amines) is 1. The van der Waals surface area contributed by atoms with Gasteiger partial charge in [0.25, 0.3) is 11.8 Å². The predicted molar refractivity (Wildman–Crippen MR) is 134 cm³/mol. The molecule has 188 valence electrons. The number of piperidine rings is 1. The molecule has 35 heavy (non-hydrogen) atoms. The first-order valence-corrected chi connectivity index (χ1v) is 12.0. The molecule has 1 fully saturated rings. The Bertz CT molecular complexity index is 1020. The first kappa shape index (κ1) is 26.1. The average molecular weight is 482 g/mol. The molecule has 0 unspecified atom stereocenters. The van der Waals surface area contributed by atoms with Crippen molar-refractivity contribution in [2.24, 2.45) is 5.92 Å². The van der Waals surface area contributed by atoms with Gasteiger partial charge in [0.15, 0.2) is 0 Å². The summed E-state index contributed by atoms with van der Waals surface area (Å²) in [5.74, 6) is 0.626. The van der Waals surface area contributed by atoms with Gasteiger partial charge in [0.2, 0.25) is 5.91 Å². The number of methoxy groups -OCH3 is 2. The van der Waals surface area contributed by atoms with Gasteiger partial charge in [-0.25, -0.2) is 0 Å². The molecule has 1 aliphatic heterocycles. The molecule has 8 heteroatoms. The minimum Gasteiger partial charge on any atom is -0.497 e. The average Bonchev–Trinajstić information content (AvgIpc) is 2.91.